The van der Waals surface area contributed by atoms with Crippen molar-refractivity contribution in [2.45, 2.75) is 17.9 Å². The van der Waals surface area contributed by atoms with Crippen molar-refractivity contribution in [3.05, 3.63) is 110 Å². The first kappa shape index (κ1) is 26.2. The van der Waals surface area contributed by atoms with E-state index in [4.69, 9.17) is 16.3 Å². The lowest BCUT2D eigenvalue weighted by molar-refractivity contribution is 0.00393. The second kappa shape index (κ2) is 11.0. The predicted molar refractivity (Wildman–Crippen MR) is 153 cm³/mol. The fourth-order valence-corrected chi connectivity index (χ4v) is 5.39. The molecular formula is C29H28Br2ClNO2. The van der Waals surface area contributed by atoms with Crippen LogP contribution in [-0.4, -0.2) is 37.8 Å². The van der Waals surface area contributed by atoms with Crippen molar-refractivity contribution in [2.24, 2.45) is 0 Å². The average Bonchev–Trinajstić information content (AvgIpc) is 2.84. The third kappa shape index (κ3) is 5.76. The Balaban J connectivity index is 2.02. The minimum atomic E-state index is -1.22. The van der Waals surface area contributed by atoms with Gasteiger partial charge in [0.1, 0.15) is 11.4 Å². The molecule has 0 saturated carbocycles. The summed E-state index contributed by atoms with van der Waals surface area (Å²) in [6, 6.07) is 26.1. The molecule has 0 aliphatic carbocycles. The Bertz CT molecular complexity index is 1310. The summed E-state index contributed by atoms with van der Waals surface area (Å²) in [7, 11) is 5.72. The lowest BCUT2D eigenvalue weighted by Crippen LogP contribution is -2.37. The molecule has 182 valence electrons. The molecule has 0 bridgehead atoms. The van der Waals surface area contributed by atoms with E-state index in [2.05, 4.69) is 55.0 Å². The molecule has 4 aromatic carbocycles. The van der Waals surface area contributed by atoms with Crippen LogP contribution in [0.4, 0.5) is 0 Å². The Morgan fingerprint density at radius 2 is 1.54 bits per heavy atom. The van der Waals surface area contributed by atoms with Gasteiger partial charge in [-0.15, -0.1) is 0 Å². The second-order valence-electron chi connectivity index (χ2n) is 9.05. The molecule has 4 rings (SSSR count). The van der Waals surface area contributed by atoms with Crippen LogP contribution in [0.2, 0.25) is 5.02 Å². The topological polar surface area (TPSA) is 32.7 Å². The molecule has 3 nitrogen and oxygen atoms in total. The van der Waals surface area contributed by atoms with Crippen LogP contribution < -0.4 is 4.74 Å². The number of hydrogen-bond acceptors (Lipinski definition) is 3. The van der Waals surface area contributed by atoms with Gasteiger partial charge in [-0.25, -0.2) is 0 Å². The van der Waals surface area contributed by atoms with Crippen molar-refractivity contribution in [1.29, 1.82) is 0 Å². The molecule has 35 heavy (non-hydrogen) atoms. The van der Waals surface area contributed by atoms with Gasteiger partial charge >= 0.3 is 0 Å². The molecule has 1 N–H and O–H groups in total. The minimum Gasteiger partial charge on any atom is -0.496 e. The van der Waals surface area contributed by atoms with E-state index in [0.29, 0.717) is 18.0 Å². The number of rotatable bonds is 8. The van der Waals surface area contributed by atoms with Crippen LogP contribution >= 0.6 is 43.5 Å². The Morgan fingerprint density at radius 1 is 0.886 bits per heavy atom. The van der Waals surface area contributed by atoms with Gasteiger partial charge in [-0.2, -0.15) is 0 Å². The Morgan fingerprint density at radius 3 is 2.17 bits per heavy atom. The summed E-state index contributed by atoms with van der Waals surface area (Å²) in [5.41, 5.74) is 1.51. The summed E-state index contributed by atoms with van der Waals surface area (Å²) in [6.45, 7) is 0.706. The molecule has 0 fully saturated rings. The molecule has 0 heterocycles. The summed E-state index contributed by atoms with van der Waals surface area (Å²) in [6.07, 6.45) is 0.522. The van der Waals surface area contributed by atoms with Gasteiger partial charge in [-0.05, 0) is 90.9 Å². The van der Waals surface area contributed by atoms with Crippen LogP contribution in [0.15, 0.2) is 87.8 Å². The van der Waals surface area contributed by atoms with Crippen LogP contribution in [0.3, 0.4) is 0 Å². The molecule has 0 aliphatic heterocycles. The fourth-order valence-electron chi connectivity index (χ4n) is 4.62. The molecule has 0 spiro atoms. The molecule has 0 amide bonds. The number of ether oxygens (including phenoxy) is 1. The highest BCUT2D eigenvalue weighted by molar-refractivity contribution is 9.10. The van der Waals surface area contributed by atoms with Gasteiger partial charge in [0.15, 0.2) is 0 Å². The second-order valence-corrected chi connectivity index (χ2v) is 11.3. The van der Waals surface area contributed by atoms with E-state index in [1.54, 1.807) is 7.11 Å². The van der Waals surface area contributed by atoms with Crippen molar-refractivity contribution in [1.82, 2.24) is 4.90 Å². The van der Waals surface area contributed by atoms with Gasteiger partial charge in [-0.1, -0.05) is 73.8 Å². The summed E-state index contributed by atoms with van der Waals surface area (Å²) >= 11 is 13.4. The zero-order chi connectivity index (χ0) is 25.2. The van der Waals surface area contributed by atoms with Crippen molar-refractivity contribution in [3.63, 3.8) is 0 Å². The summed E-state index contributed by atoms with van der Waals surface area (Å²) in [4.78, 5) is 2.09. The molecule has 6 heteroatoms. The lowest BCUT2D eigenvalue weighted by Gasteiger charge is -2.39. The van der Waals surface area contributed by atoms with Crippen LogP contribution in [0.25, 0.3) is 10.8 Å². The van der Waals surface area contributed by atoms with Crippen molar-refractivity contribution in [2.75, 3.05) is 27.7 Å². The zero-order valence-electron chi connectivity index (χ0n) is 19.9. The highest BCUT2D eigenvalue weighted by Crippen LogP contribution is 2.48. The number of hydrogen-bond donors (Lipinski definition) is 1. The van der Waals surface area contributed by atoms with E-state index in [1.807, 2.05) is 74.8 Å². The van der Waals surface area contributed by atoms with E-state index in [1.165, 1.54) is 0 Å². The van der Waals surface area contributed by atoms with Gasteiger partial charge in [0.2, 0.25) is 0 Å². The molecule has 4 aromatic rings. The van der Waals surface area contributed by atoms with Gasteiger partial charge in [0, 0.05) is 32.0 Å². The number of benzene rings is 4. The fraction of sp³-hybridized carbons (Fsp3) is 0.241. The molecule has 0 saturated heterocycles. The Hall–Kier alpha value is -1.89. The number of halogens is 3. The van der Waals surface area contributed by atoms with Crippen molar-refractivity contribution >= 4 is 54.2 Å². The van der Waals surface area contributed by atoms with E-state index >= 15 is 0 Å². The molecule has 0 aliphatic rings. The highest BCUT2D eigenvalue weighted by atomic mass is 79.9. The Labute approximate surface area is 228 Å². The first-order valence-corrected chi connectivity index (χ1v) is 13.3. The van der Waals surface area contributed by atoms with Crippen molar-refractivity contribution < 1.29 is 9.84 Å². The van der Waals surface area contributed by atoms with E-state index in [0.717, 1.165) is 42.2 Å². The van der Waals surface area contributed by atoms with Gasteiger partial charge < -0.3 is 14.7 Å². The van der Waals surface area contributed by atoms with Gasteiger partial charge in [0.25, 0.3) is 0 Å². The summed E-state index contributed by atoms with van der Waals surface area (Å²) in [5.74, 6) is 0.333. The van der Waals surface area contributed by atoms with E-state index < -0.39 is 11.5 Å². The SMILES string of the molecule is COc1cc2ccc(Br)cc2cc1[C@@H](c1ccc(Cl)cc1)[C@](O)(CCN(C)C)c1ccc(Br)cc1. The maximum absolute atomic E-state index is 12.7. The van der Waals surface area contributed by atoms with Crippen LogP contribution in [-0.2, 0) is 5.60 Å². The smallest absolute Gasteiger partial charge is 0.123 e. The average molecular weight is 618 g/mol. The molecule has 0 unspecified atom stereocenters. The predicted octanol–water partition coefficient (Wildman–Crippen LogP) is 8.00. The zero-order valence-corrected chi connectivity index (χ0v) is 23.9. The van der Waals surface area contributed by atoms with Crippen LogP contribution in [0.5, 0.6) is 5.75 Å². The number of nitrogens with zero attached hydrogens (tertiary/aromatic N) is 1. The van der Waals surface area contributed by atoms with Crippen LogP contribution in [0, 0.1) is 0 Å². The van der Waals surface area contributed by atoms with Gasteiger partial charge in [-0.3, -0.25) is 0 Å². The van der Waals surface area contributed by atoms with Crippen molar-refractivity contribution in [3.8, 4) is 5.75 Å². The third-order valence-electron chi connectivity index (χ3n) is 6.43. The lowest BCUT2D eigenvalue weighted by atomic mass is 9.71. The standard InChI is InChI=1S/C29H28Br2ClNO2/c1-33(2)15-14-29(34,22-7-10-23(30)11-8-22)28(19-5-12-25(32)13-6-19)26-17-21-16-24(31)9-4-20(21)18-27(26)35-3/h4-13,16-18,28,34H,14-15H2,1-3H3/t28-,29+/m1/s1. The maximum atomic E-state index is 12.7. The summed E-state index contributed by atoms with van der Waals surface area (Å²) in [5, 5.41) is 15.5. The minimum absolute atomic E-state index is 0.403. The normalized spacial score (nSPS) is 14.2. The number of aliphatic hydroxyl groups is 1. The van der Waals surface area contributed by atoms with E-state index in [9.17, 15) is 5.11 Å². The first-order valence-electron chi connectivity index (χ1n) is 11.4. The molecule has 2 atom stereocenters. The Kier molecular flexibility index (Phi) is 8.24. The van der Waals surface area contributed by atoms with Gasteiger partial charge in [0.05, 0.1) is 7.11 Å². The largest absolute Gasteiger partial charge is 0.496 e. The van der Waals surface area contributed by atoms with E-state index in [-0.39, 0.29) is 0 Å². The third-order valence-corrected chi connectivity index (χ3v) is 7.70. The quantitative estimate of drug-likeness (QED) is 0.218. The molecular weight excluding hydrogens is 590 g/mol. The summed E-state index contributed by atoms with van der Waals surface area (Å²) < 4.78 is 7.88. The number of methoxy groups -OCH3 is 1. The number of fused-ring (bicyclic) bond motifs is 1. The maximum Gasteiger partial charge on any atom is 0.123 e. The van der Waals surface area contributed by atoms with Crippen LogP contribution in [0.1, 0.15) is 29.0 Å². The highest BCUT2D eigenvalue weighted by Gasteiger charge is 2.42. The first-order chi connectivity index (χ1) is 16.7. The molecule has 0 aromatic heterocycles. The molecule has 0 radical (unpaired) electrons. The monoisotopic (exact) mass is 615 g/mol.